The lowest BCUT2D eigenvalue weighted by molar-refractivity contribution is -0.121. The van der Waals surface area contributed by atoms with Crippen LogP contribution in [0.1, 0.15) is 34.3 Å². The molecular weight excluding hydrogens is 554 g/mol. The van der Waals surface area contributed by atoms with E-state index in [1.54, 1.807) is 18.2 Å². The first-order valence-electron chi connectivity index (χ1n) is 13.6. The van der Waals surface area contributed by atoms with Crippen molar-refractivity contribution in [2.75, 3.05) is 11.9 Å². The van der Waals surface area contributed by atoms with Crippen molar-refractivity contribution in [2.45, 2.75) is 37.0 Å². The third kappa shape index (κ3) is 7.74. The maximum Gasteiger partial charge on any atom is 0.264 e. The molecule has 0 bridgehead atoms. The van der Waals surface area contributed by atoms with Gasteiger partial charge in [0.2, 0.25) is 0 Å². The molecule has 1 saturated heterocycles. The van der Waals surface area contributed by atoms with Gasteiger partial charge in [0, 0.05) is 17.3 Å². The predicted octanol–water partition coefficient (Wildman–Crippen LogP) is 4.65. The van der Waals surface area contributed by atoms with Crippen molar-refractivity contribution in [2.24, 2.45) is 0 Å². The van der Waals surface area contributed by atoms with E-state index in [2.05, 4.69) is 15.4 Å². The Balaban J connectivity index is 1.29. The standard InChI is InChI=1S/C32H31N3O6S/c36-31(34-26-13-15-29(16-14-26)42(38,39)35-32(37)30-12-7-17-33-30)25-18-27(40-21-23-8-3-1-4-9-23)20-28(19-25)41-22-24-10-5-2-6-11-24/h1-6,8-11,13-16,18-20,30,33H,7,12,17,21-22H2,(H,34,36)(H,35,37)/t30-/m0/s1. The molecule has 0 saturated carbocycles. The summed E-state index contributed by atoms with van der Waals surface area (Å²) in [4.78, 5) is 25.4. The Morgan fingerprint density at radius 1 is 0.786 bits per heavy atom. The molecule has 4 aromatic carbocycles. The summed E-state index contributed by atoms with van der Waals surface area (Å²) in [6.07, 6.45) is 1.40. The molecule has 0 aromatic heterocycles. The first-order valence-corrected chi connectivity index (χ1v) is 15.0. The Hall–Kier alpha value is -4.67. The van der Waals surface area contributed by atoms with Crippen LogP contribution in [-0.2, 0) is 28.0 Å². The zero-order chi connectivity index (χ0) is 29.4. The summed E-state index contributed by atoms with van der Waals surface area (Å²) in [5, 5.41) is 5.76. The van der Waals surface area contributed by atoms with Crippen LogP contribution < -0.4 is 24.8 Å². The summed E-state index contributed by atoms with van der Waals surface area (Å²) >= 11 is 0. The highest BCUT2D eigenvalue weighted by Crippen LogP contribution is 2.26. The normalized spacial score (nSPS) is 14.6. The first-order chi connectivity index (χ1) is 20.4. The molecule has 42 heavy (non-hydrogen) atoms. The van der Waals surface area contributed by atoms with Crippen LogP contribution in [0.15, 0.2) is 108 Å². The fourth-order valence-corrected chi connectivity index (χ4v) is 5.46. The van der Waals surface area contributed by atoms with Gasteiger partial charge in [0.05, 0.1) is 10.9 Å². The molecule has 3 N–H and O–H groups in total. The molecule has 9 nitrogen and oxygen atoms in total. The van der Waals surface area contributed by atoms with E-state index >= 15 is 0 Å². The average molecular weight is 586 g/mol. The quantitative estimate of drug-likeness (QED) is 0.234. The number of carbonyl (C=O) groups excluding carboxylic acids is 2. The number of rotatable bonds is 11. The lowest BCUT2D eigenvalue weighted by Gasteiger charge is -2.14. The fourth-order valence-electron chi connectivity index (χ4n) is 4.44. The van der Waals surface area contributed by atoms with Crippen LogP contribution in [0.4, 0.5) is 5.69 Å². The summed E-state index contributed by atoms with van der Waals surface area (Å²) in [5.74, 6) is -0.0857. The molecule has 2 amide bonds. The predicted molar refractivity (Wildman–Crippen MR) is 159 cm³/mol. The SMILES string of the molecule is O=C(Nc1ccc(S(=O)(=O)NC(=O)[C@@H]2CCCN2)cc1)c1cc(OCc2ccccc2)cc(OCc2ccccc2)c1. The van der Waals surface area contributed by atoms with Gasteiger partial charge in [-0.25, -0.2) is 13.1 Å². The number of hydrogen-bond acceptors (Lipinski definition) is 7. The fraction of sp³-hybridized carbons (Fsp3) is 0.188. The minimum absolute atomic E-state index is 0.0836. The monoisotopic (exact) mass is 585 g/mol. The zero-order valence-corrected chi connectivity index (χ0v) is 23.6. The van der Waals surface area contributed by atoms with Crippen LogP contribution in [0, 0.1) is 0 Å². The van der Waals surface area contributed by atoms with Crippen molar-refractivity contribution in [3.05, 3.63) is 120 Å². The molecule has 1 fully saturated rings. The topological polar surface area (TPSA) is 123 Å². The van der Waals surface area contributed by atoms with Crippen molar-refractivity contribution in [3.8, 4) is 11.5 Å². The number of hydrogen-bond donors (Lipinski definition) is 3. The van der Waals surface area contributed by atoms with Gasteiger partial charge in [-0.1, -0.05) is 60.7 Å². The third-order valence-electron chi connectivity index (χ3n) is 6.67. The van der Waals surface area contributed by atoms with Gasteiger partial charge in [0.25, 0.3) is 21.8 Å². The van der Waals surface area contributed by atoms with E-state index in [9.17, 15) is 18.0 Å². The molecule has 0 unspecified atom stereocenters. The minimum atomic E-state index is -4.05. The van der Waals surface area contributed by atoms with Crippen LogP contribution in [-0.4, -0.2) is 32.8 Å². The zero-order valence-electron chi connectivity index (χ0n) is 22.8. The largest absolute Gasteiger partial charge is 0.489 e. The molecule has 1 aliphatic rings. The maximum atomic E-state index is 13.2. The smallest absolute Gasteiger partial charge is 0.264 e. The second-order valence-corrected chi connectivity index (χ2v) is 11.5. The van der Waals surface area contributed by atoms with Gasteiger partial charge >= 0.3 is 0 Å². The Labute approximate surface area is 244 Å². The van der Waals surface area contributed by atoms with Gasteiger partial charge < -0.3 is 20.1 Å². The van der Waals surface area contributed by atoms with Crippen molar-refractivity contribution < 1.29 is 27.5 Å². The van der Waals surface area contributed by atoms with Crippen LogP contribution in [0.2, 0.25) is 0 Å². The molecular formula is C32H31N3O6S. The number of ether oxygens (including phenoxy) is 2. The molecule has 1 heterocycles. The van der Waals surface area contributed by atoms with E-state index < -0.39 is 27.9 Å². The highest BCUT2D eigenvalue weighted by atomic mass is 32.2. The van der Waals surface area contributed by atoms with Crippen LogP contribution in [0.3, 0.4) is 0 Å². The molecule has 0 aliphatic carbocycles. The van der Waals surface area contributed by atoms with Crippen molar-refractivity contribution in [1.82, 2.24) is 10.0 Å². The van der Waals surface area contributed by atoms with Crippen LogP contribution >= 0.6 is 0 Å². The third-order valence-corrected chi connectivity index (χ3v) is 8.04. The van der Waals surface area contributed by atoms with E-state index in [4.69, 9.17) is 9.47 Å². The van der Waals surface area contributed by atoms with Crippen LogP contribution in [0.25, 0.3) is 0 Å². The van der Waals surface area contributed by atoms with Crippen molar-refractivity contribution in [3.63, 3.8) is 0 Å². The highest BCUT2D eigenvalue weighted by molar-refractivity contribution is 7.90. The van der Waals surface area contributed by atoms with Gasteiger partial charge in [-0.05, 0) is 66.9 Å². The molecule has 0 spiro atoms. The van der Waals surface area contributed by atoms with Gasteiger partial charge in [-0.3, -0.25) is 9.59 Å². The summed E-state index contributed by atoms with van der Waals surface area (Å²) in [6, 6.07) is 29.4. The van der Waals surface area contributed by atoms with E-state index in [0.717, 1.165) is 17.5 Å². The van der Waals surface area contributed by atoms with E-state index in [1.165, 1.54) is 24.3 Å². The van der Waals surface area contributed by atoms with E-state index in [-0.39, 0.29) is 4.90 Å². The lowest BCUT2D eigenvalue weighted by atomic mass is 10.1. The number of amides is 2. The number of benzene rings is 4. The van der Waals surface area contributed by atoms with Crippen molar-refractivity contribution >= 4 is 27.5 Å². The van der Waals surface area contributed by atoms with E-state index in [1.807, 2.05) is 60.7 Å². The summed E-state index contributed by atoms with van der Waals surface area (Å²) in [5.41, 5.74) is 2.64. The second kappa shape index (κ2) is 13.3. The first kappa shape index (κ1) is 28.8. The second-order valence-electron chi connectivity index (χ2n) is 9.84. The van der Waals surface area contributed by atoms with Crippen molar-refractivity contribution in [1.29, 1.82) is 0 Å². The molecule has 1 atom stereocenters. The maximum absolute atomic E-state index is 13.2. The Morgan fingerprint density at radius 2 is 1.36 bits per heavy atom. The number of nitrogens with one attached hydrogen (secondary N) is 3. The minimum Gasteiger partial charge on any atom is -0.489 e. The molecule has 5 rings (SSSR count). The van der Waals surface area contributed by atoms with Gasteiger partial charge in [-0.15, -0.1) is 0 Å². The molecule has 10 heteroatoms. The van der Waals surface area contributed by atoms with Crippen LogP contribution in [0.5, 0.6) is 11.5 Å². The summed E-state index contributed by atoms with van der Waals surface area (Å²) in [6.45, 7) is 1.30. The lowest BCUT2D eigenvalue weighted by Crippen LogP contribution is -2.43. The average Bonchev–Trinajstić information content (AvgIpc) is 3.56. The molecule has 1 aliphatic heterocycles. The molecule has 4 aromatic rings. The van der Waals surface area contributed by atoms with Gasteiger partial charge in [-0.2, -0.15) is 0 Å². The number of anilines is 1. The Kier molecular flexibility index (Phi) is 9.15. The number of sulfonamides is 1. The molecule has 0 radical (unpaired) electrons. The van der Waals surface area contributed by atoms with Gasteiger partial charge in [0.15, 0.2) is 0 Å². The summed E-state index contributed by atoms with van der Waals surface area (Å²) < 4.78 is 39.4. The number of carbonyl (C=O) groups is 2. The Morgan fingerprint density at radius 3 is 1.88 bits per heavy atom. The van der Waals surface area contributed by atoms with E-state index in [0.29, 0.717) is 48.9 Å². The molecule has 216 valence electrons. The highest BCUT2D eigenvalue weighted by Gasteiger charge is 2.26. The Bertz CT molecular complexity index is 1560. The van der Waals surface area contributed by atoms with Gasteiger partial charge in [0.1, 0.15) is 24.7 Å². The summed E-state index contributed by atoms with van der Waals surface area (Å²) in [7, 11) is -4.05.